The number of amides is 1. The molecule has 0 fully saturated rings. The van der Waals surface area contributed by atoms with Gasteiger partial charge in [-0.15, -0.1) is 11.3 Å². The molecule has 0 unspecified atom stereocenters. The summed E-state index contributed by atoms with van der Waals surface area (Å²) in [5.41, 5.74) is 2.28. The Bertz CT molecular complexity index is 555. The third kappa shape index (κ3) is 4.54. The highest BCUT2D eigenvalue weighted by atomic mass is 32.1. The van der Waals surface area contributed by atoms with E-state index < -0.39 is 0 Å². The van der Waals surface area contributed by atoms with Crippen molar-refractivity contribution in [2.45, 2.75) is 19.4 Å². The maximum absolute atomic E-state index is 12.1. The van der Waals surface area contributed by atoms with E-state index in [0.717, 1.165) is 10.6 Å². The minimum Gasteiger partial charge on any atom is -0.494 e. The van der Waals surface area contributed by atoms with E-state index in [4.69, 9.17) is 4.74 Å². The molecule has 0 spiro atoms. The molecule has 21 heavy (non-hydrogen) atoms. The zero-order valence-corrected chi connectivity index (χ0v) is 12.6. The van der Waals surface area contributed by atoms with Crippen molar-refractivity contribution in [1.29, 1.82) is 0 Å². The SMILES string of the molecule is CCOc1ccc(C(=O)N[C@H](CO)Cc2cncs2)cc1. The van der Waals surface area contributed by atoms with E-state index in [2.05, 4.69) is 10.3 Å². The zero-order chi connectivity index (χ0) is 15.1. The topological polar surface area (TPSA) is 71.5 Å². The fourth-order valence-corrected chi connectivity index (χ4v) is 2.56. The highest BCUT2D eigenvalue weighted by Crippen LogP contribution is 2.13. The lowest BCUT2D eigenvalue weighted by Gasteiger charge is -2.15. The summed E-state index contributed by atoms with van der Waals surface area (Å²) in [7, 11) is 0. The van der Waals surface area contributed by atoms with Crippen LogP contribution in [0, 0.1) is 0 Å². The van der Waals surface area contributed by atoms with Crippen LogP contribution in [0.4, 0.5) is 0 Å². The number of rotatable bonds is 7. The largest absolute Gasteiger partial charge is 0.494 e. The van der Waals surface area contributed by atoms with Gasteiger partial charge < -0.3 is 15.2 Å². The van der Waals surface area contributed by atoms with Crippen LogP contribution in [0.3, 0.4) is 0 Å². The van der Waals surface area contributed by atoms with Crippen molar-refractivity contribution >= 4 is 17.2 Å². The molecule has 2 rings (SSSR count). The third-order valence-corrected chi connectivity index (χ3v) is 3.72. The third-order valence-electron chi connectivity index (χ3n) is 2.91. The normalized spacial score (nSPS) is 11.9. The molecule has 6 heteroatoms. The summed E-state index contributed by atoms with van der Waals surface area (Å²) in [5.74, 6) is 0.527. The minimum atomic E-state index is -0.315. The van der Waals surface area contributed by atoms with Crippen LogP contribution in [0.2, 0.25) is 0 Å². The van der Waals surface area contributed by atoms with E-state index in [1.807, 2.05) is 6.92 Å². The first-order chi connectivity index (χ1) is 10.2. The molecule has 1 atom stereocenters. The number of ether oxygens (including phenoxy) is 1. The number of carbonyl (C=O) groups excluding carboxylic acids is 1. The lowest BCUT2D eigenvalue weighted by molar-refractivity contribution is 0.0916. The lowest BCUT2D eigenvalue weighted by atomic mass is 10.1. The van der Waals surface area contributed by atoms with Crippen molar-refractivity contribution in [2.24, 2.45) is 0 Å². The number of thiazole rings is 1. The van der Waals surface area contributed by atoms with Gasteiger partial charge in [0.2, 0.25) is 0 Å². The van der Waals surface area contributed by atoms with Gasteiger partial charge in [0.05, 0.1) is 24.8 Å². The van der Waals surface area contributed by atoms with Crippen LogP contribution in [0.1, 0.15) is 22.2 Å². The molecule has 0 aliphatic carbocycles. The number of aromatic nitrogens is 1. The van der Waals surface area contributed by atoms with Crippen LogP contribution < -0.4 is 10.1 Å². The predicted octanol–water partition coefficient (Wildman–Crippen LogP) is 1.88. The Morgan fingerprint density at radius 2 is 2.19 bits per heavy atom. The average molecular weight is 306 g/mol. The number of aliphatic hydroxyl groups excluding tert-OH is 1. The molecular weight excluding hydrogens is 288 g/mol. The molecule has 0 saturated carbocycles. The van der Waals surface area contributed by atoms with Crippen molar-refractivity contribution in [3.63, 3.8) is 0 Å². The predicted molar refractivity (Wildman–Crippen MR) is 81.8 cm³/mol. The highest BCUT2D eigenvalue weighted by Gasteiger charge is 2.14. The Hall–Kier alpha value is -1.92. The molecule has 2 N–H and O–H groups in total. The summed E-state index contributed by atoms with van der Waals surface area (Å²) >= 11 is 1.51. The van der Waals surface area contributed by atoms with Crippen molar-refractivity contribution in [3.8, 4) is 5.75 Å². The summed E-state index contributed by atoms with van der Waals surface area (Å²) in [4.78, 5) is 17.1. The zero-order valence-electron chi connectivity index (χ0n) is 11.8. The number of hydrogen-bond acceptors (Lipinski definition) is 5. The second kappa shape index (κ2) is 7.75. The van der Waals surface area contributed by atoms with Crippen molar-refractivity contribution in [1.82, 2.24) is 10.3 Å². The molecule has 1 aromatic heterocycles. The highest BCUT2D eigenvalue weighted by molar-refractivity contribution is 7.09. The van der Waals surface area contributed by atoms with Crippen molar-refractivity contribution < 1.29 is 14.6 Å². The molecular formula is C15H18N2O3S. The fraction of sp³-hybridized carbons (Fsp3) is 0.333. The standard InChI is InChI=1S/C15H18N2O3S/c1-2-20-13-5-3-11(4-6-13)15(19)17-12(9-18)7-14-8-16-10-21-14/h3-6,8,10,12,18H,2,7,9H2,1H3,(H,17,19)/t12-/m0/s1. The maximum atomic E-state index is 12.1. The van der Waals surface area contributed by atoms with Crippen molar-refractivity contribution in [3.05, 3.63) is 46.4 Å². The summed E-state index contributed by atoms with van der Waals surface area (Å²) < 4.78 is 5.34. The first-order valence-electron chi connectivity index (χ1n) is 6.75. The quantitative estimate of drug-likeness (QED) is 0.819. The number of benzene rings is 1. The Labute approximate surface area is 127 Å². The Morgan fingerprint density at radius 1 is 1.43 bits per heavy atom. The van der Waals surface area contributed by atoms with Gasteiger partial charge in [-0.25, -0.2) is 0 Å². The van der Waals surface area contributed by atoms with Crippen LogP contribution in [0.15, 0.2) is 36.0 Å². The molecule has 0 aliphatic rings. The first kappa shape index (κ1) is 15.5. The van der Waals surface area contributed by atoms with Crippen LogP contribution in [0.25, 0.3) is 0 Å². The van der Waals surface area contributed by atoms with E-state index in [1.165, 1.54) is 11.3 Å². The molecule has 1 aromatic carbocycles. The number of nitrogens with zero attached hydrogens (tertiary/aromatic N) is 1. The smallest absolute Gasteiger partial charge is 0.251 e. The van der Waals surface area contributed by atoms with Gasteiger partial charge in [-0.1, -0.05) is 0 Å². The summed E-state index contributed by atoms with van der Waals surface area (Å²) in [6.07, 6.45) is 2.32. The second-order valence-electron chi connectivity index (χ2n) is 4.48. The summed E-state index contributed by atoms with van der Waals surface area (Å²) in [6, 6.07) is 6.62. The molecule has 1 heterocycles. The van der Waals surface area contributed by atoms with Gasteiger partial charge in [-0.3, -0.25) is 9.78 Å². The molecule has 0 aliphatic heterocycles. The molecule has 112 valence electrons. The van der Waals surface area contributed by atoms with Gasteiger partial charge in [0.15, 0.2) is 0 Å². The first-order valence-corrected chi connectivity index (χ1v) is 7.62. The number of carbonyl (C=O) groups is 1. The Kier molecular flexibility index (Phi) is 5.71. The minimum absolute atomic E-state index is 0.110. The van der Waals surface area contributed by atoms with Crippen LogP contribution in [-0.2, 0) is 6.42 Å². The van der Waals surface area contributed by atoms with Gasteiger partial charge in [-0.05, 0) is 31.2 Å². The summed E-state index contributed by atoms with van der Waals surface area (Å²) in [5, 5.41) is 12.2. The fourth-order valence-electron chi connectivity index (χ4n) is 1.88. The maximum Gasteiger partial charge on any atom is 0.251 e. The number of aliphatic hydroxyl groups is 1. The van der Waals surface area contributed by atoms with E-state index in [-0.39, 0.29) is 18.6 Å². The Morgan fingerprint density at radius 3 is 2.76 bits per heavy atom. The van der Waals surface area contributed by atoms with Gasteiger partial charge >= 0.3 is 0 Å². The summed E-state index contributed by atoms with van der Waals surface area (Å²) in [6.45, 7) is 2.39. The van der Waals surface area contributed by atoms with Crippen molar-refractivity contribution in [2.75, 3.05) is 13.2 Å². The van der Waals surface area contributed by atoms with Gasteiger partial charge in [-0.2, -0.15) is 0 Å². The van der Waals surface area contributed by atoms with Crippen LogP contribution in [0.5, 0.6) is 5.75 Å². The van der Waals surface area contributed by atoms with E-state index in [0.29, 0.717) is 18.6 Å². The average Bonchev–Trinajstić information content (AvgIpc) is 3.00. The van der Waals surface area contributed by atoms with Gasteiger partial charge in [0.25, 0.3) is 5.91 Å². The lowest BCUT2D eigenvalue weighted by Crippen LogP contribution is -2.38. The van der Waals surface area contributed by atoms with E-state index >= 15 is 0 Å². The van der Waals surface area contributed by atoms with Gasteiger partial charge in [0, 0.05) is 23.1 Å². The molecule has 5 nitrogen and oxygen atoms in total. The number of hydrogen-bond donors (Lipinski definition) is 2. The van der Waals surface area contributed by atoms with Crippen LogP contribution in [-0.4, -0.2) is 35.3 Å². The van der Waals surface area contributed by atoms with E-state index in [1.54, 1.807) is 36.0 Å². The second-order valence-corrected chi connectivity index (χ2v) is 5.45. The Balaban J connectivity index is 1.95. The monoisotopic (exact) mass is 306 g/mol. The number of nitrogens with one attached hydrogen (secondary N) is 1. The molecule has 0 saturated heterocycles. The molecule has 0 bridgehead atoms. The molecule has 1 amide bonds. The van der Waals surface area contributed by atoms with Crippen LogP contribution >= 0.6 is 11.3 Å². The molecule has 2 aromatic rings. The van der Waals surface area contributed by atoms with E-state index in [9.17, 15) is 9.90 Å². The van der Waals surface area contributed by atoms with Gasteiger partial charge in [0.1, 0.15) is 5.75 Å². The molecule has 0 radical (unpaired) electrons.